The van der Waals surface area contributed by atoms with Crippen LogP contribution in [0.5, 0.6) is 0 Å². The van der Waals surface area contributed by atoms with E-state index in [0.717, 1.165) is 19.4 Å². The summed E-state index contributed by atoms with van der Waals surface area (Å²) in [6, 6.07) is 6.41. The minimum Gasteiger partial charge on any atom is -0.369 e. The zero-order valence-corrected chi connectivity index (χ0v) is 16.2. The van der Waals surface area contributed by atoms with Crippen molar-refractivity contribution < 1.29 is 9.53 Å². The summed E-state index contributed by atoms with van der Waals surface area (Å²) in [4.78, 5) is 17.7. The number of thiophene rings is 2. The maximum atomic E-state index is 13.0. The second-order valence-corrected chi connectivity index (χ2v) is 8.67. The molecule has 0 spiro atoms. The lowest BCUT2D eigenvalue weighted by Gasteiger charge is -2.37. The van der Waals surface area contributed by atoms with Crippen molar-refractivity contribution in [2.24, 2.45) is 5.92 Å². The Morgan fingerprint density at radius 2 is 2.12 bits per heavy atom. The Bertz CT molecular complexity index is 663. The predicted octanol–water partition coefficient (Wildman–Crippen LogP) is 4.73. The van der Waals surface area contributed by atoms with E-state index < -0.39 is 0 Å². The summed E-state index contributed by atoms with van der Waals surface area (Å²) in [6.07, 6.45) is 1.55. The molecule has 1 amide bonds. The second-order valence-electron chi connectivity index (χ2n) is 6.69. The van der Waals surface area contributed by atoms with E-state index in [9.17, 15) is 4.79 Å². The van der Waals surface area contributed by atoms with Gasteiger partial charge < -0.3 is 9.64 Å². The van der Waals surface area contributed by atoms with E-state index in [1.807, 2.05) is 11.8 Å². The van der Waals surface area contributed by atoms with E-state index in [2.05, 4.69) is 42.8 Å². The number of hydrogen-bond donors (Lipinski definition) is 0. The fourth-order valence-electron chi connectivity index (χ4n) is 3.09. The first-order valence-electron chi connectivity index (χ1n) is 8.59. The first-order valence-corrected chi connectivity index (χ1v) is 10.4. The van der Waals surface area contributed by atoms with Crippen molar-refractivity contribution >= 4 is 28.6 Å². The van der Waals surface area contributed by atoms with Crippen LogP contribution in [0.2, 0.25) is 0 Å². The minimum atomic E-state index is -0.383. The van der Waals surface area contributed by atoms with Gasteiger partial charge in [0.25, 0.3) is 5.91 Å². The topological polar surface area (TPSA) is 29.5 Å². The lowest BCUT2D eigenvalue weighted by molar-refractivity contribution is -0.145. The van der Waals surface area contributed by atoms with Crippen LogP contribution in [0.25, 0.3) is 0 Å². The molecule has 3 rings (SSSR count). The van der Waals surface area contributed by atoms with Crippen molar-refractivity contribution in [2.75, 3.05) is 13.2 Å². The Hall–Kier alpha value is -1.17. The van der Waals surface area contributed by atoms with Gasteiger partial charge in [0.15, 0.2) is 0 Å². The third-order valence-corrected chi connectivity index (χ3v) is 6.39. The van der Waals surface area contributed by atoms with E-state index >= 15 is 0 Å². The van der Waals surface area contributed by atoms with E-state index in [4.69, 9.17) is 4.74 Å². The van der Waals surface area contributed by atoms with E-state index in [1.54, 1.807) is 22.7 Å². The average Bonchev–Trinajstić information content (AvgIpc) is 3.23. The molecule has 1 aliphatic rings. The Labute approximate surface area is 152 Å². The molecule has 2 aromatic heterocycles. The highest BCUT2D eigenvalue weighted by molar-refractivity contribution is 7.10. The average molecular weight is 364 g/mol. The van der Waals surface area contributed by atoms with Crippen LogP contribution in [0.3, 0.4) is 0 Å². The number of fused-ring (bicyclic) bond motifs is 1. The van der Waals surface area contributed by atoms with Crippen molar-refractivity contribution in [1.29, 1.82) is 0 Å². The summed E-state index contributed by atoms with van der Waals surface area (Å²) >= 11 is 3.52. The summed E-state index contributed by atoms with van der Waals surface area (Å²) in [7, 11) is 0. The molecule has 0 aliphatic carbocycles. The van der Waals surface area contributed by atoms with E-state index in [0.29, 0.717) is 12.5 Å². The zero-order chi connectivity index (χ0) is 17.1. The Morgan fingerprint density at radius 3 is 2.83 bits per heavy atom. The molecule has 0 bridgehead atoms. The molecule has 2 aromatic rings. The molecule has 0 saturated carbocycles. The van der Waals surface area contributed by atoms with Gasteiger partial charge in [-0.2, -0.15) is 0 Å². The molecule has 0 saturated heterocycles. The standard InChI is InChI=1S/C19H25NO2S2/c1-13(2)7-10-22-14(3)19(21)20-9-6-16-15(8-12-24-16)18(20)17-5-4-11-23-17/h4-5,8,11-14,18H,6-7,9-10H2,1-3H3. The van der Waals surface area contributed by atoms with Crippen LogP contribution >= 0.6 is 22.7 Å². The monoisotopic (exact) mass is 363 g/mol. The summed E-state index contributed by atoms with van der Waals surface area (Å²) in [5.74, 6) is 0.698. The molecule has 0 aromatic carbocycles. The van der Waals surface area contributed by atoms with Crippen LogP contribution in [0.15, 0.2) is 29.0 Å². The smallest absolute Gasteiger partial charge is 0.252 e. The Kier molecular flexibility index (Phi) is 5.74. The van der Waals surface area contributed by atoms with Crippen LogP contribution < -0.4 is 0 Å². The first kappa shape index (κ1) is 17.6. The summed E-state index contributed by atoms with van der Waals surface area (Å²) < 4.78 is 5.82. The Morgan fingerprint density at radius 1 is 1.29 bits per heavy atom. The Balaban J connectivity index is 1.77. The molecule has 0 N–H and O–H groups in total. The highest BCUT2D eigenvalue weighted by Crippen LogP contribution is 2.39. The van der Waals surface area contributed by atoms with Gasteiger partial charge in [0.2, 0.25) is 0 Å². The molecule has 130 valence electrons. The van der Waals surface area contributed by atoms with Crippen LogP contribution in [0, 0.1) is 5.92 Å². The highest BCUT2D eigenvalue weighted by Gasteiger charge is 2.35. The third kappa shape index (κ3) is 3.73. The number of carbonyl (C=O) groups is 1. The van der Waals surface area contributed by atoms with Gasteiger partial charge in [-0.1, -0.05) is 19.9 Å². The molecule has 0 radical (unpaired) electrons. The molecule has 0 fully saturated rings. The molecular weight excluding hydrogens is 338 g/mol. The van der Waals surface area contributed by atoms with Crippen LogP contribution in [-0.4, -0.2) is 30.1 Å². The SMILES string of the molecule is CC(C)CCOC(C)C(=O)N1CCc2sccc2C1c1cccs1. The quantitative estimate of drug-likeness (QED) is 0.742. The number of amides is 1. The van der Waals surface area contributed by atoms with Crippen LogP contribution in [0.4, 0.5) is 0 Å². The number of nitrogens with zero attached hydrogens (tertiary/aromatic N) is 1. The van der Waals surface area contributed by atoms with Gasteiger partial charge in [-0.05, 0) is 54.1 Å². The number of rotatable bonds is 6. The van der Waals surface area contributed by atoms with Crippen molar-refractivity contribution in [3.8, 4) is 0 Å². The van der Waals surface area contributed by atoms with Crippen molar-refractivity contribution in [3.63, 3.8) is 0 Å². The molecule has 3 heterocycles. The fourth-order valence-corrected chi connectivity index (χ4v) is 4.85. The second kappa shape index (κ2) is 7.81. The lowest BCUT2D eigenvalue weighted by atomic mass is 9.98. The normalized spacial score (nSPS) is 18.7. The van der Waals surface area contributed by atoms with Gasteiger partial charge in [-0.3, -0.25) is 4.79 Å². The third-order valence-electron chi connectivity index (χ3n) is 4.47. The van der Waals surface area contributed by atoms with Crippen LogP contribution in [-0.2, 0) is 16.0 Å². The molecule has 3 nitrogen and oxygen atoms in total. The summed E-state index contributed by atoms with van der Waals surface area (Å²) in [5.41, 5.74) is 1.29. The van der Waals surface area contributed by atoms with Gasteiger partial charge in [0.05, 0.1) is 6.04 Å². The van der Waals surface area contributed by atoms with Crippen molar-refractivity contribution in [1.82, 2.24) is 4.90 Å². The van der Waals surface area contributed by atoms with Gasteiger partial charge in [0.1, 0.15) is 6.10 Å². The first-order chi connectivity index (χ1) is 11.6. The lowest BCUT2D eigenvalue weighted by Crippen LogP contribution is -2.45. The summed E-state index contributed by atoms with van der Waals surface area (Å²) in [5, 5.41) is 4.23. The largest absolute Gasteiger partial charge is 0.369 e. The van der Waals surface area contributed by atoms with Gasteiger partial charge in [-0.15, -0.1) is 22.7 Å². The van der Waals surface area contributed by atoms with E-state index in [-0.39, 0.29) is 18.1 Å². The zero-order valence-electron chi connectivity index (χ0n) is 14.5. The highest BCUT2D eigenvalue weighted by atomic mass is 32.1. The van der Waals surface area contributed by atoms with Crippen LogP contribution in [0.1, 0.15) is 48.6 Å². The fraction of sp³-hybridized carbons (Fsp3) is 0.526. The minimum absolute atomic E-state index is 0.0450. The number of carbonyl (C=O) groups excluding carboxylic acids is 1. The maximum absolute atomic E-state index is 13.0. The summed E-state index contributed by atoms with van der Waals surface area (Å²) in [6.45, 7) is 7.65. The molecule has 24 heavy (non-hydrogen) atoms. The van der Waals surface area contributed by atoms with Gasteiger partial charge in [0, 0.05) is 22.9 Å². The van der Waals surface area contributed by atoms with Gasteiger partial charge in [-0.25, -0.2) is 0 Å². The number of ether oxygens (including phenoxy) is 1. The molecule has 5 heteroatoms. The van der Waals surface area contributed by atoms with Crippen molar-refractivity contribution in [3.05, 3.63) is 44.3 Å². The molecular formula is C19H25NO2S2. The predicted molar refractivity (Wildman–Crippen MR) is 101 cm³/mol. The molecule has 2 unspecified atom stereocenters. The molecule has 1 aliphatic heterocycles. The van der Waals surface area contributed by atoms with Crippen molar-refractivity contribution in [2.45, 2.75) is 45.8 Å². The number of hydrogen-bond acceptors (Lipinski definition) is 4. The molecule has 2 atom stereocenters. The van der Waals surface area contributed by atoms with E-state index in [1.165, 1.54) is 15.3 Å². The van der Waals surface area contributed by atoms with Gasteiger partial charge >= 0.3 is 0 Å². The maximum Gasteiger partial charge on any atom is 0.252 e.